The van der Waals surface area contributed by atoms with E-state index in [0.717, 1.165) is 18.5 Å². The summed E-state index contributed by atoms with van der Waals surface area (Å²) in [7, 11) is 0. The first-order valence-corrected chi connectivity index (χ1v) is 5.82. The Balaban J connectivity index is 2.31. The summed E-state index contributed by atoms with van der Waals surface area (Å²) in [5, 5.41) is 9.67. The first-order chi connectivity index (χ1) is 7.58. The van der Waals surface area contributed by atoms with Crippen LogP contribution in [0.4, 0.5) is 0 Å². The van der Waals surface area contributed by atoms with Crippen LogP contribution in [-0.2, 0) is 0 Å². The summed E-state index contributed by atoms with van der Waals surface area (Å²) >= 11 is 0. The fraction of sp³-hybridized carbons (Fsp3) is 0.667. The van der Waals surface area contributed by atoms with Crippen LogP contribution in [0.25, 0.3) is 0 Å². The van der Waals surface area contributed by atoms with Gasteiger partial charge in [-0.15, -0.1) is 0 Å². The average Bonchev–Trinajstić information content (AvgIpc) is 2.22. The predicted octanol–water partition coefficient (Wildman–Crippen LogP) is 1.27. The van der Waals surface area contributed by atoms with Crippen molar-refractivity contribution in [2.45, 2.75) is 45.3 Å². The molecule has 1 aromatic rings. The normalized spacial score (nSPS) is 30.3. The molecule has 3 atom stereocenters. The van der Waals surface area contributed by atoms with Crippen LogP contribution in [0, 0.1) is 12.8 Å². The van der Waals surface area contributed by atoms with Gasteiger partial charge in [-0.3, -0.25) is 4.57 Å². The van der Waals surface area contributed by atoms with Gasteiger partial charge in [-0.25, -0.2) is 4.79 Å². The number of aliphatic hydroxyl groups excluding tert-OH is 1. The third-order valence-electron chi connectivity index (χ3n) is 3.45. The lowest BCUT2D eigenvalue weighted by Gasteiger charge is -2.32. The molecule has 0 spiro atoms. The molecule has 1 saturated carbocycles. The zero-order valence-electron chi connectivity index (χ0n) is 9.76. The smallest absolute Gasteiger partial charge is 0.348 e. The van der Waals surface area contributed by atoms with Gasteiger partial charge in [0.1, 0.15) is 0 Å². The molecule has 1 aromatic heterocycles. The zero-order valence-corrected chi connectivity index (χ0v) is 9.76. The van der Waals surface area contributed by atoms with Crippen molar-refractivity contribution in [2.75, 3.05) is 0 Å². The molecular weight excluding hydrogens is 204 g/mol. The molecule has 1 aliphatic carbocycles. The first-order valence-electron chi connectivity index (χ1n) is 5.82. The largest absolute Gasteiger partial charge is 0.393 e. The molecule has 16 heavy (non-hydrogen) atoms. The van der Waals surface area contributed by atoms with E-state index in [1.54, 1.807) is 10.8 Å². The molecule has 4 nitrogen and oxygen atoms in total. The molecule has 0 saturated heterocycles. The lowest BCUT2D eigenvalue weighted by Crippen LogP contribution is -2.35. The third kappa shape index (κ3) is 2.16. The SMILES string of the molecule is Cc1ccn(C2CC(O)CCC2C)c(=O)n1. The highest BCUT2D eigenvalue weighted by molar-refractivity contribution is 4.98. The third-order valence-corrected chi connectivity index (χ3v) is 3.45. The lowest BCUT2D eigenvalue weighted by atomic mass is 9.84. The van der Waals surface area contributed by atoms with Crippen molar-refractivity contribution in [1.82, 2.24) is 9.55 Å². The molecule has 88 valence electrons. The Hall–Kier alpha value is -1.16. The molecule has 0 amide bonds. The summed E-state index contributed by atoms with van der Waals surface area (Å²) in [6.45, 7) is 3.94. The number of hydrogen-bond acceptors (Lipinski definition) is 3. The van der Waals surface area contributed by atoms with Crippen LogP contribution in [0.3, 0.4) is 0 Å². The monoisotopic (exact) mass is 222 g/mol. The van der Waals surface area contributed by atoms with Crippen molar-refractivity contribution in [3.8, 4) is 0 Å². The maximum Gasteiger partial charge on any atom is 0.348 e. The fourth-order valence-corrected chi connectivity index (χ4v) is 2.41. The second-order valence-corrected chi connectivity index (χ2v) is 4.77. The Morgan fingerprint density at radius 1 is 1.50 bits per heavy atom. The Morgan fingerprint density at radius 3 is 2.94 bits per heavy atom. The van der Waals surface area contributed by atoms with Crippen molar-refractivity contribution >= 4 is 0 Å². The minimum absolute atomic E-state index is 0.0874. The first kappa shape index (κ1) is 11.3. The van der Waals surface area contributed by atoms with Crippen LogP contribution in [0.5, 0.6) is 0 Å². The lowest BCUT2D eigenvalue weighted by molar-refractivity contribution is 0.0762. The van der Waals surface area contributed by atoms with Gasteiger partial charge in [0.25, 0.3) is 0 Å². The number of nitrogens with zero attached hydrogens (tertiary/aromatic N) is 2. The van der Waals surface area contributed by atoms with E-state index in [0.29, 0.717) is 12.3 Å². The van der Waals surface area contributed by atoms with Gasteiger partial charge in [0.05, 0.1) is 6.10 Å². The second-order valence-electron chi connectivity index (χ2n) is 4.77. The topological polar surface area (TPSA) is 55.1 Å². The number of hydrogen-bond donors (Lipinski definition) is 1. The van der Waals surface area contributed by atoms with Crippen LogP contribution in [0.2, 0.25) is 0 Å². The van der Waals surface area contributed by atoms with E-state index in [1.165, 1.54) is 0 Å². The molecule has 3 unspecified atom stereocenters. The van der Waals surface area contributed by atoms with Gasteiger partial charge >= 0.3 is 5.69 Å². The minimum atomic E-state index is -0.283. The molecule has 1 N–H and O–H groups in total. The number of aliphatic hydroxyl groups is 1. The van der Waals surface area contributed by atoms with Crippen LogP contribution in [0.15, 0.2) is 17.1 Å². The number of aryl methyl sites for hydroxylation is 1. The van der Waals surface area contributed by atoms with Gasteiger partial charge in [0.2, 0.25) is 0 Å². The van der Waals surface area contributed by atoms with Crippen molar-refractivity contribution in [3.05, 3.63) is 28.4 Å². The van der Waals surface area contributed by atoms with Crippen LogP contribution >= 0.6 is 0 Å². The predicted molar refractivity (Wildman–Crippen MR) is 61.3 cm³/mol. The highest BCUT2D eigenvalue weighted by Gasteiger charge is 2.28. The summed E-state index contributed by atoms with van der Waals surface area (Å²) in [6, 6.07) is 1.93. The van der Waals surface area contributed by atoms with Gasteiger partial charge in [-0.05, 0) is 38.2 Å². The molecule has 0 radical (unpaired) electrons. The van der Waals surface area contributed by atoms with E-state index in [-0.39, 0.29) is 17.8 Å². The Morgan fingerprint density at radius 2 is 2.25 bits per heavy atom. The quantitative estimate of drug-likeness (QED) is 0.778. The molecule has 0 bridgehead atoms. The van der Waals surface area contributed by atoms with Gasteiger partial charge in [0, 0.05) is 17.9 Å². The van der Waals surface area contributed by atoms with E-state index >= 15 is 0 Å². The van der Waals surface area contributed by atoms with E-state index in [4.69, 9.17) is 0 Å². The van der Waals surface area contributed by atoms with Gasteiger partial charge in [-0.1, -0.05) is 6.92 Å². The van der Waals surface area contributed by atoms with Gasteiger partial charge in [0.15, 0.2) is 0 Å². The molecule has 4 heteroatoms. The number of rotatable bonds is 1. The Kier molecular flexibility index (Phi) is 3.10. The summed E-state index contributed by atoms with van der Waals surface area (Å²) in [5.74, 6) is 0.422. The molecular formula is C12H18N2O2. The molecule has 1 fully saturated rings. The van der Waals surface area contributed by atoms with Crippen LogP contribution < -0.4 is 5.69 Å². The van der Waals surface area contributed by atoms with E-state index in [2.05, 4.69) is 11.9 Å². The van der Waals surface area contributed by atoms with Crippen LogP contribution in [-0.4, -0.2) is 20.8 Å². The molecule has 0 aromatic carbocycles. The van der Waals surface area contributed by atoms with E-state index < -0.39 is 0 Å². The Bertz CT molecular complexity index is 427. The number of aromatic nitrogens is 2. The minimum Gasteiger partial charge on any atom is -0.393 e. The maximum absolute atomic E-state index is 11.8. The summed E-state index contributed by atoms with van der Waals surface area (Å²) < 4.78 is 1.67. The molecule has 0 aliphatic heterocycles. The summed E-state index contributed by atoms with van der Waals surface area (Å²) in [4.78, 5) is 15.7. The zero-order chi connectivity index (χ0) is 11.7. The average molecular weight is 222 g/mol. The van der Waals surface area contributed by atoms with E-state index in [1.807, 2.05) is 13.0 Å². The van der Waals surface area contributed by atoms with Gasteiger partial charge < -0.3 is 5.11 Å². The molecule has 2 rings (SSSR count). The summed E-state index contributed by atoms with van der Waals surface area (Å²) in [6.07, 6.45) is 3.97. The highest BCUT2D eigenvalue weighted by atomic mass is 16.3. The molecule has 1 aliphatic rings. The maximum atomic E-state index is 11.8. The second kappa shape index (κ2) is 4.37. The fourth-order valence-electron chi connectivity index (χ4n) is 2.41. The van der Waals surface area contributed by atoms with Crippen molar-refractivity contribution in [1.29, 1.82) is 0 Å². The Labute approximate surface area is 95.0 Å². The van der Waals surface area contributed by atoms with Gasteiger partial charge in [-0.2, -0.15) is 4.98 Å². The van der Waals surface area contributed by atoms with E-state index in [9.17, 15) is 9.90 Å². The van der Waals surface area contributed by atoms with Crippen molar-refractivity contribution in [3.63, 3.8) is 0 Å². The molecule has 1 heterocycles. The van der Waals surface area contributed by atoms with Crippen molar-refractivity contribution in [2.24, 2.45) is 5.92 Å². The van der Waals surface area contributed by atoms with Crippen molar-refractivity contribution < 1.29 is 5.11 Å². The van der Waals surface area contributed by atoms with Crippen LogP contribution in [0.1, 0.15) is 37.9 Å². The standard InChI is InChI=1S/C12H18N2O2/c1-8-3-4-10(15)7-11(8)14-6-5-9(2)13-12(14)16/h5-6,8,10-11,15H,3-4,7H2,1-2H3. The highest BCUT2D eigenvalue weighted by Crippen LogP contribution is 2.32. The summed E-state index contributed by atoms with van der Waals surface area (Å²) in [5.41, 5.74) is 0.538.